The van der Waals surface area contributed by atoms with Crippen molar-refractivity contribution in [3.05, 3.63) is 69.7 Å². The highest BCUT2D eigenvalue weighted by Crippen LogP contribution is 2.23. The molecule has 0 saturated carbocycles. The fraction of sp³-hybridized carbons (Fsp3) is 0.250. The van der Waals surface area contributed by atoms with Gasteiger partial charge in [-0.1, -0.05) is 41.4 Å². The molecule has 0 spiro atoms. The molecule has 0 atom stereocenters. The molecule has 154 valence electrons. The molecule has 0 aliphatic carbocycles. The van der Waals surface area contributed by atoms with Crippen molar-refractivity contribution in [3.63, 3.8) is 0 Å². The topological polar surface area (TPSA) is 72.9 Å². The summed E-state index contributed by atoms with van der Waals surface area (Å²) in [4.78, 5) is 12.1. The summed E-state index contributed by atoms with van der Waals surface area (Å²) < 4.78 is 36.9. The van der Waals surface area contributed by atoms with Gasteiger partial charge in [0.25, 0.3) is 0 Å². The number of ether oxygens (including phenoxy) is 2. The van der Waals surface area contributed by atoms with Gasteiger partial charge in [-0.3, -0.25) is 0 Å². The van der Waals surface area contributed by atoms with Crippen LogP contribution in [0, 0.1) is 0 Å². The first kappa shape index (κ1) is 21.8. The Kier molecular flexibility index (Phi) is 7.32. The van der Waals surface area contributed by atoms with Crippen molar-refractivity contribution in [1.82, 2.24) is 4.31 Å². The average molecular weight is 456 g/mol. The van der Waals surface area contributed by atoms with Crippen LogP contribution < -0.4 is 0 Å². The number of carbonyl (C=O) groups excluding carboxylic acids is 1. The number of nitrogens with zero attached hydrogens (tertiary/aromatic N) is 1. The molecule has 1 heterocycles. The lowest BCUT2D eigenvalue weighted by molar-refractivity contribution is -0.138. The van der Waals surface area contributed by atoms with Gasteiger partial charge in [-0.15, -0.1) is 0 Å². The van der Waals surface area contributed by atoms with Crippen molar-refractivity contribution in [2.45, 2.75) is 11.5 Å². The third kappa shape index (κ3) is 5.81. The zero-order chi connectivity index (χ0) is 20.9. The van der Waals surface area contributed by atoms with Crippen molar-refractivity contribution in [1.29, 1.82) is 0 Å². The molecule has 0 N–H and O–H groups in total. The van der Waals surface area contributed by atoms with Gasteiger partial charge < -0.3 is 9.47 Å². The van der Waals surface area contributed by atoms with E-state index < -0.39 is 16.0 Å². The second-order valence-corrected chi connectivity index (χ2v) is 9.03. The highest BCUT2D eigenvalue weighted by atomic mass is 35.5. The van der Waals surface area contributed by atoms with Gasteiger partial charge in [0.2, 0.25) is 10.0 Å². The van der Waals surface area contributed by atoms with Crippen molar-refractivity contribution >= 4 is 45.3 Å². The van der Waals surface area contributed by atoms with Crippen LogP contribution in [0.3, 0.4) is 0 Å². The molecule has 0 aromatic heterocycles. The maximum absolute atomic E-state index is 12.6. The van der Waals surface area contributed by atoms with E-state index in [4.69, 9.17) is 32.7 Å². The number of halogens is 2. The van der Waals surface area contributed by atoms with Gasteiger partial charge in [0.05, 0.1) is 28.2 Å². The maximum Gasteiger partial charge on any atom is 0.331 e. The predicted molar refractivity (Wildman–Crippen MR) is 111 cm³/mol. The van der Waals surface area contributed by atoms with Crippen molar-refractivity contribution in [3.8, 4) is 0 Å². The fourth-order valence-corrected chi connectivity index (χ4v) is 4.41. The Morgan fingerprint density at radius 2 is 1.76 bits per heavy atom. The second kappa shape index (κ2) is 9.73. The van der Waals surface area contributed by atoms with Gasteiger partial charge >= 0.3 is 5.97 Å². The largest absolute Gasteiger partial charge is 0.458 e. The molecular weight excluding hydrogens is 437 g/mol. The quantitative estimate of drug-likeness (QED) is 0.489. The molecule has 0 radical (unpaired) electrons. The van der Waals surface area contributed by atoms with Crippen LogP contribution in [-0.2, 0) is 30.9 Å². The summed E-state index contributed by atoms with van der Waals surface area (Å²) in [5.74, 6) is -0.527. The normalized spacial score (nSPS) is 15.5. The minimum Gasteiger partial charge on any atom is -0.458 e. The van der Waals surface area contributed by atoms with E-state index in [0.717, 1.165) is 5.56 Å². The van der Waals surface area contributed by atoms with Crippen LogP contribution in [-0.4, -0.2) is 45.0 Å². The summed E-state index contributed by atoms with van der Waals surface area (Å²) >= 11 is 11.8. The summed E-state index contributed by atoms with van der Waals surface area (Å²) in [5, 5.41) is 0.823. The summed E-state index contributed by atoms with van der Waals surface area (Å²) in [6.07, 6.45) is 2.84. The van der Waals surface area contributed by atoms with Gasteiger partial charge in [0.1, 0.15) is 6.61 Å². The van der Waals surface area contributed by atoms with E-state index in [9.17, 15) is 13.2 Å². The van der Waals surface area contributed by atoms with Crippen LogP contribution in [0.25, 0.3) is 6.08 Å². The van der Waals surface area contributed by atoms with Gasteiger partial charge in [-0.05, 0) is 41.5 Å². The van der Waals surface area contributed by atoms with Crippen LogP contribution in [0.5, 0.6) is 0 Å². The molecule has 3 rings (SSSR count). The molecule has 0 bridgehead atoms. The molecule has 1 saturated heterocycles. The first-order valence-corrected chi connectivity index (χ1v) is 11.0. The number of carbonyl (C=O) groups is 1. The molecule has 0 amide bonds. The van der Waals surface area contributed by atoms with Gasteiger partial charge in [-0.2, -0.15) is 4.31 Å². The molecule has 2 aromatic carbocycles. The monoisotopic (exact) mass is 455 g/mol. The first-order valence-electron chi connectivity index (χ1n) is 8.83. The summed E-state index contributed by atoms with van der Waals surface area (Å²) in [6.45, 7) is 1.54. The first-order chi connectivity index (χ1) is 13.9. The third-order valence-corrected chi connectivity index (χ3v) is 6.92. The Bertz CT molecular complexity index is 1000. The van der Waals surface area contributed by atoms with Crippen LogP contribution in [0.1, 0.15) is 11.1 Å². The van der Waals surface area contributed by atoms with Crippen molar-refractivity contribution < 1.29 is 22.7 Å². The number of morpholine rings is 1. The number of sulfonamides is 1. The minimum atomic E-state index is -3.54. The van der Waals surface area contributed by atoms with E-state index >= 15 is 0 Å². The summed E-state index contributed by atoms with van der Waals surface area (Å²) in [5.41, 5.74) is 1.40. The molecule has 9 heteroatoms. The van der Waals surface area contributed by atoms with E-state index in [1.807, 2.05) is 0 Å². The number of hydrogen-bond donors (Lipinski definition) is 0. The fourth-order valence-electron chi connectivity index (χ4n) is 2.68. The summed E-state index contributed by atoms with van der Waals surface area (Å²) in [7, 11) is -3.54. The average Bonchev–Trinajstić information content (AvgIpc) is 2.74. The lowest BCUT2D eigenvalue weighted by atomic mass is 10.2. The molecule has 29 heavy (non-hydrogen) atoms. The Balaban J connectivity index is 1.57. The second-order valence-electron chi connectivity index (χ2n) is 6.27. The van der Waals surface area contributed by atoms with Crippen LogP contribution in [0.2, 0.25) is 10.0 Å². The molecular formula is C20H19Cl2NO5S. The van der Waals surface area contributed by atoms with Crippen molar-refractivity contribution in [2.24, 2.45) is 0 Å². The van der Waals surface area contributed by atoms with Crippen LogP contribution >= 0.6 is 23.2 Å². The standard InChI is InChI=1S/C20H19Cl2NO5S/c21-18-7-3-16(13-19(18)22)14-28-20(24)8-4-15-1-5-17(6-2-15)29(25,26)23-9-11-27-12-10-23/h1-8,13H,9-12,14H2/b8-4+. The predicted octanol–water partition coefficient (Wildman–Crippen LogP) is 3.77. The number of rotatable bonds is 6. The minimum absolute atomic E-state index is 0.0663. The van der Waals surface area contributed by atoms with Gasteiger partial charge in [0, 0.05) is 19.2 Å². The molecule has 1 aliphatic rings. The van der Waals surface area contributed by atoms with E-state index in [-0.39, 0.29) is 11.5 Å². The van der Waals surface area contributed by atoms with Gasteiger partial charge in [-0.25, -0.2) is 13.2 Å². The van der Waals surface area contributed by atoms with E-state index in [0.29, 0.717) is 41.9 Å². The van der Waals surface area contributed by atoms with Crippen LogP contribution in [0.4, 0.5) is 0 Å². The molecule has 2 aromatic rings. The molecule has 1 fully saturated rings. The Labute approximate surface area is 179 Å². The highest BCUT2D eigenvalue weighted by Gasteiger charge is 2.25. The number of esters is 1. The van der Waals surface area contributed by atoms with E-state index in [1.54, 1.807) is 36.4 Å². The Morgan fingerprint density at radius 3 is 2.41 bits per heavy atom. The lowest BCUT2D eigenvalue weighted by Gasteiger charge is -2.26. The summed E-state index contributed by atoms with van der Waals surface area (Å²) in [6, 6.07) is 11.3. The maximum atomic E-state index is 12.6. The number of benzene rings is 2. The van der Waals surface area contributed by atoms with Crippen LogP contribution in [0.15, 0.2) is 53.4 Å². The molecule has 0 unspecified atom stereocenters. The number of hydrogen-bond acceptors (Lipinski definition) is 5. The zero-order valence-electron chi connectivity index (χ0n) is 15.4. The van der Waals surface area contributed by atoms with Crippen molar-refractivity contribution in [2.75, 3.05) is 26.3 Å². The smallest absolute Gasteiger partial charge is 0.331 e. The Hall–Kier alpha value is -1.90. The molecule has 1 aliphatic heterocycles. The van der Waals surface area contributed by atoms with E-state index in [2.05, 4.69) is 0 Å². The SMILES string of the molecule is O=C(/C=C/c1ccc(S(=O)(=O)N2CCOCC2)cc1)OCc1ccc(Cl)c(Cl)c1. The molecule has 6 nitrogen and oxygen atoms in total. The van der Waals surface area contributed by atoms with Gasteiger partial charge in [0.15, 0.2) is 0 Å². The Morgan fingerprint density at radius 1 is 1.07 bits per heavy atom. The lowest BCUT2D eigenvalue weighted by Crippen LogP contribution is -2.40. The third-order valence-electron chi connectivity index (χ3n) is 4.26. The zero-order valence-corrected chi connectivity index (χ0v) is 17.7. The highest BCUT2D eigenvalue weighted by molar-refractivity contribution is 7.89. The van der Waals surface area contributed by atoms with E-state index in [1.165, 1.54) is 22.5 Å².